The quantitative estimate of drug-likeness (QED) is 0.462. The summed E-state index contributed by atoms with van der Waals surface area (Å²) in [7, 11) is 0. The number of amides is 1. The number of rotatable bonds is 9. The van der Waals surface area contributed by atoms with Gasteiger partial charge in [-0.25, -0.2) is 0 Å². The molecule has 4 saturated carbocycles. The van der Waals surface area contributed by atoms with Crippen molar-refractivity contribution in [1.29, 1.82) is 0 Å². The van der Waals surface area contributed by atoms with Gasteiger partial charge in [-0.2, -0.15) is 0 Å². The third-order valence-corrected chi connectivity index (χ3v) is 7.59. The molecule has 0 saturated heterocycles. The maximum atomic E-state index is 12.9. The molecule has 5 rings (SSSR count). The molecule has 1 atom stereocenters. The summed E-state index contributed by atoms with van der Waals surface area (Å²) in [6.07, 6.45) is 7.87. The van der Waals surface area contributed by atoms with Crippen LogP contribution in [0.15, 0.2) is 18.2 Å². The van der Waals surface area contributed by atoms with Gasteiger partial charge in [-0.05, 0) is 92.4 Å². The molecule has 1 amide bonds. The summed E-state index contributed by atoms with van der Waals surface area (Å²) in [4.78, 5) is 12.9. The lowest BCUT2D eigenvalue weighted by Gasteiger charge is -2.56. The van der Waals surface area contributed by atoms with Crippen LogP contribution in [-0.2, 0) is 0 Å². The van der Waals surface area contributed by atoms with Crippen LogP contribution in [0.4, 0.5) is 0 Å². The molecule has 5 nitrogen and oxygen atoms in total. The zero-order valence-electron chi connectivity index (χ0n) is 17.0. The first-order chi connectivity index (χ1) is 14.0. The van der Waals surface area contributed by atoms with Crippen LogP contribution < -0.4 is 10.6 Å². The molecule has 1 aromatic rings. The van der Waals surface area contributed by atoms with Crippen LogP contribution in [0.25, 0.3) is 0 Å². The second-order valence-corrected chi connectivity index (χ2v) is 10.0. The Kier molecular flexibility index (Phi) is 6.50. The standard InChI is InChI=1S/C23H33ClN2O3/c24-20-3-2-18(21(28)13-25-4-1-5-27)9-19(20)22(29)26-14-23-10-15-6-16(11-23)8-17(7-15)12-23/h2-3,9,15-17,21,25,27-28H,1,4-8,10-14H2,(H,26,29)/t15?,16?,17?,21-,23?/m0/s1. The zero-order chi connectivity index (χ0) is 20.4. The van der Waals surface area contributed by atoms with E-state index < -0.39 is 6.10 Å². The zero-order valence-corrected chi connectivity index (χ0v) is 17.8. The van der Waals surface area contributed by atoms with Crippen LogP contribution in [0.1, 0.15) is 67.0 Å². The van der Waals surface area contributed by atoms with Crippen molar-refractivity contribution in [2.24, 2.45) is 23.2 Å². The topological polar surface area (TPSA) is 81.6 Å². The number of nitrogens with one attached hydrogen (secondary N) is 2. The molecule has 4 fully saturated rings. The fourth-order valence-electron chi connectivity index (χ4n) is 6.35. The first-order valence-corrected chi connectivity index (χ1v) is 11.4. The summed E-state index contributed by atoms with van der Waals surface area (Å²) >= 11 is 6.31. The lowest BCUT2D eigenvalue weighted by Crippen LogP contribution is -2.51. The predicted molar refractivity (Wildman–Crippen MR) is 114 cm³/mol. The number of aliphatic hydroxyl groups is 2. The number of aliphatic hydroxyl groups excluding tert-OH is 2. The molecular weight excluding hydrogens is 388 g/mol. The molecule has 29 heavy (non-hydrogen) atoms. The lowest BCUT2D eigenvalue weighted by atomic mass is 9.49. The van der Waals surface area contributed by atoms with Crippen LogP contribution >= 0.6 is 11.6 Å². The molecular formula is C23H33ClN2O3. The molecule has 0 unspecified atom stereocenters. The third kappa shape index (κ3) is 4.79. The summed E-state index contributed by atoms with van der Waals surface area (Å²) < 4.78 is 0. The number of carbonyl (C=O) groups is 1. The SMILES string of the molecule is O=C(NCC12CC3CC(CC(C3)C1)C2)c1cc([C@@H](O)CNCCCO)ccc1Cl. The number of carbonyl (C=O) groups excluding carboxylic acids is 1. The molecule has 6 heteroatoms. The number of halogens is 1. The lowest BCUT2D eigenvalue weighted by molar-refractivity contribution is -0.0503. The van der Waals surface area contributed by atoms with Gasteiger partial charge in [-0.15, -0.1) is 0 Å². The van der Waals surface area contributed by atoms with E-state index in [0.717, 1.165) is 24.3 Å². The minimum Gasteiger partial charge on any atom is -0.396 e. The predicted octanol–water partition coefficient (Wildman–Crippen LogP) is 3.29. The van der Waals surface area contributed by atoms with E-state index in [1.165, 1.54) is 38.5 Å². The number of benzene rings is 1. The molecule has 0 spiro atoms. The van der Waals surface area contributed by atoms with Crippen LogP contribution in [0, 0.1) is 23.2 Å². The Bertz CT molecular complexity index is 704. The third-order valence-electron chi connectivity index (χ3n) is 7.26. The Morgan fingerprint density at radius 2 is 1.83 bits per heavy atom. The Balaban J connectivity index is 1.37. The highest BCUT2D eigenvalue weighted by atomic mass is 35.5. The van der Waals surface area contributed by atoms with E-state index in [-0.39, 0.29) is 17.9 Å². The van der Waals surface area contributed by atoms with Crippen molar-refractivity contribution in [3.63, 3.8) is 0 Å². The van der Waals surface area contributed by atoms with Gasteiger partial charge in [0.25, 0.3) is 5.91 Å². The second-order valence-electron chi connectivity index (χ2n) is 9.64. The van der Waals surface area contributed by atoms with E-state index in [1.807, 2.05) is 0 Å². The monoisotopic (exact) mass is 420 g/mol. The van der Waals surface area contributed by atoms with Crippen LogP contribution in [0.2, 0.25) is 5.02 Å². The number of hydrogen-bond acceptors (Lipinski definition) is 4. The van der Waals surface area contributed by atoms with Crippen molar-refractivity contribution in [1.82, 2.24) is 10.6 Å². The molecule has 0 aliphatic heterocycles. The van der Waals surface area contributed by atoms with Crippen molar-refractivity contribution < 1.29 is 15.0 Å². The maximum absolute atomic E-state index is 12.9. The summed E-state index contributed by atoms with van der Waals surface area (Å²) in [6, 6.07) is 5.15. The molecule has 0 heterocycles. The van der Waals surface area contributed by atoms with Crippen molar-refractivity contribution in [3.05, 3.63) is 34.3 Å². The summed E-state index contributed by atoms with van der Waals surface area (Å²) in [5, 5.41) is 25.9. The minimum absolute atomic E-state index is 0.123. The molecule has 0 aromatic heterocycles. The highest BCUT2D eigenvalue weighted by Crippen LogP contribution is 2.59. The van der Waals surface area contributed by atoms with E-state index in [1.54, 1.807) is 18.2 Å². The Labute approximate surface area is 178 Å². The molecule has 4 N–H and O–H groups in total. The summed E-state index contributed by atoms with van der Waals surface area (Å²) in [6.45, 7) is 1.87. The van der Waals surface area contributed by atoms with E-state index in [9.17, 15) is 9.90 Å². The summed E-state index contributed by atoms with van der Waals surface area (Å²) in [5.41, 5.74) is 1.39. The smallest absolute Gasteiger partial charge is 0.252 e. The van der Waals surface area contributed by atoms with Gasteiger partial charge in [-0.3, -0.25) is 4.79 Å². The van der Waals surface area contributed by atoms with E-state index in [0.29, 0.717) is 35.7 Å². The Morgan fingerprint density at radius 1 is 1.17 bits per heavy atom. The fraction of sp³-hybridized carbons (Fsp3) is 0.696. The van der Waals surface area contributed by atoms with Crippen molar-refractivity contribution >= 4 is 17.5 Å². The van der Waals surface area contributed by atoms with Crippen LogP contribution in [-0.4, -0.2) is 42.4 Å². The maximum Gasteiger partial charge on any atom is 0.252 e. The number of hydrogen-bond donors (Lipinski definition) is 4. The van der Waals surface area contributed by atoms with Gasteiger partial charge in [0.05, 0.1) is 16.7 Å². The highest BCUT2D eigenvalue weighted by molar-refractivity contribution is 6.33. The van der Waals surface area contributed by atoms with Gasteiger partial charge in [0.1, 0.15) is 0 Å². The van der Waals surface area contributed by atoms with Gasteiger partial charge >= 0.3 is 0 Å². The van der Waals surface area contributed by atoms with Crippen molar-refractivity contribution in [3.8, 4) is 0 Å². The molecule has 4 aliphatic rings. The normalized spacial score (nSPS) is 31.1. The van der Waals surface area contributed by atoms with Crippen LogP contribution in [0.5, 0.6) is 0 Å². The van der Waals surface area contributed by atoms with Gasteiger partial charge in [0, 0.05) is 19.7 Å². The largest absolute Gasteiger partial charge is 0.396 e. The van der Waals surface area contributed by atoms with Gasteiger partial charge in [-0.1, -0.05) is 17.7 Å². The molecule has 0 radical (unpaired) electrons. The molecule has 4 aliphatic carbocycles. The first-order valence-electron chi connectivity index (χ1n) is 11.1. The van der Waals surface area contributed by atoms with E-state index in [4.69, 9.17) is 16.7 Å². The second kappa shape index (κ2) is 8.93. The van der Waals surface area contributed by atoms with Gasteiger partial charge < -0.3 is 20.8 Å². The fourth-order valence-corrected chi connectivity index (χ4v) is 6.56. The Hall–Kier alpha value is -1.14. The van der Waals surface area contributed by atoms with Crippen molar-refractivity contribution in [2.45, 2.75) is 51.0 Å². The van der Waals surface area contributed by atoms with Crippen molar-refractivity contribution in [2.75, 3.05) is 26.2 Å². The minimum atomic E-state index is -0.722. The first kappa shape index (κ1) is 21.1. The molecule has 4 bridgehead atoms. The summed E-state index contributed by atoms with van der Waals surface area (Å²) in [5.74, 6) is 2.43. The highest BCUT2D eigenvalue weighted by Gasteiger charge is 2.50. The molecule has 160 valence electrons. The molecule has 1 aromatic carbocycles. The Morgan fingerprint density at radius 3 is 2.45 bits per heavy atom. The van der Waals surface area contributed by atoms with E-state index >= 15 is 0 Å². The average molecular weight is 421 g/mol. The average Bonchev–Trinajstić information content (AvgIpc) is 2.69. The van der Waals surface area contributed by atoms with Gasteiger partial charge in [0.15, 0.2) is 0 Å². The van der Waals surface area contributed by atoms with E-state index in [2.05, 4.69) is 10.6 Å². The van der Waals surface area contributed by atoms with Gasteiger partial charge in [0.2, 0.25) is 0 Å². The van der Waals surface area contributed by atoms with Crippen LogP contribution in [0.3, 0.4) is 0 Å².